The van der Waals surface area contributed by atoms with Crippen LogP contribution < -0.4 is 0 Å². The van der Waals surface area contributed by atoms with Crippen molar-refractivity contribution in [2.75, 3.05) is 6.54 Å². The van der Waals surface area contributed by atoms with E-state index in [1.165, 1.54) is 18.2 Å². The zero-order chi connectivity index (χ0) is 23.0. The molecule has 4 rings (SSSR count). The van der Waals surface area contributed by atoms with Crippen molar-refractivity contribution < 1.29 is 19.2 Å². The average molecular weight is 473 g/mol. The SMILES string of the molecule is C[C@@H]1CC[C@@H]2C(=O)N(N(CC(=O)c3ccc(Cl)cc3)C(=O)c3ccccc3Cl)C(=O)[C@@H]2C1. The first-order valence-electron chi connectivity index (χ1n) is 10.5. The molecule has 1 saturated heterocycles. The average Bonchev–Trinajstić information content (AvgIpc) is 3.01. The van der Waals surface area contributed by atoms with E-state index in [0.29, 0.717) is 29.3 Å². The Kier molecular flexibility index (Phi) is 6.35. The minimum absolute atomic E-state index is 0.113. The van der Waals surface area contributed by atoms with Crippen molar-refractivity contribution in [2.24, 2.45) is 17.8 Å². The van der Waals surface area contributed by atoms with Gasteiger partial charge in [-0.3, -0.25) is 19.2 Å². The fourth-order valence-electron chi connectivity index (χ4n) is 4.48. The summed E-state index contributed by atoms with van der Waals surface area (Å²) in [5.74, 6) is -2.59. The summed E-state index contributed by atoms with van der Waals surface area (Å²) in [5, 5.41) is 2.47. The number of fused-ring (bicyclic) bond motifs is 1. The summed E-state index contributed by atoms with van der Waals surface area (Å²) in [6.07, 6.45) is 2.02. The largest absolute Gasteiger partial charge is 0.292 e. The number of benzene rings is 2. The predicted octanol–water partition coefficient (Wildman–Crippen LogP) is 4.65. The number of nitrogens with zero attached hydrogens (tertiary/aromatic N) is 2. The maximum Gasteiger partial charge on any atom is 0.274 e. The summed E-state index contributed by atoms with van der Waals surface area (Å²) in [5.41, 5.74) is 0.429. The molecule has 2 aromatic rings. The van der Waals surface area contributed by atoms with Crippen molar-refractivity contribution in [3.63, 3.8) is 0 Å². The second-order valence-corrected chi connectivity index (χ2v) is 9.24. The van der Waals surface area contributed by atoms with E-state index in [9.17, 15) is 19.2 Å². The number of halogens is 2. The van der Waals surface area contributed by atoms with Gasteiger partial charge in [0.15, 0.2) is 5.78 Å². The second-order valence-electron chi connectivity index (χ2n) is 8.39. The molecule has 32 heavy (non-hydrogen) atoms. The number of Topliss-reactive ketones (excluding diaryl/α,β-unsaturated/α-hetero) is 1. The molecule has 8 heteroatoms. The fraction of sp³-hybridized carbons (Fsp3) is 0.333. The third-order valence-electron chi connectivity index (χ3n) is 6.20. The first kappa shape index (κ1) is 22.5. The van der Waals surface area contributed by atoms with Gasteiger partial charge < -0.3 is 0 Å². The number of imide groups is 1. The number of amides is 3. The highest BCUT2D eigenvalue weighted by atomic mass is 35.5. The van der Waals surface area contributed by atoms with E-state index in [1.54, 1.807) is 30.3 Å². The normalized spacial score (nSPS) is 22.6. The zero-order valence-corrected chi connectivity index (χ0v) is 19.0. The van der Waals surface area contributed by atoms with Crippen molar-refractivity contribution in [2.45, 2.75) is 26.2 Å². The molecule has 0 radical (unpaired) electrons. The molecule has 1 saturated carbocycles. The quantitative estimate of drug-likeness (QED) is 0.468. The van der Waals surface area contributed by atoms with Crippen molar-refractivity contribution in [1.82, 2.24) is 10.0 Å². The standard InChI is InChI=1S/C24H22Cl2N2O4/c1-14-6-11-17-19(12-14)24(32)28(23(17)31)27(22(30)18-4-2-3-5-20(18)26)13-21(29)15-7-9-16(25)10-8-15/h2-5,7-10,14,17,19H,6,11-13H2,1H3/t14-,17+,19-/m1/s1. The molecule has 6 nitrogen and oxygen atoms in total. The Hall–Kier alpha value is -2.70. The third kappa shape index (κ3) is 4.17. The molecule has 0 spiro atoms. The molecule has 1 aliphatic carbocycles. The smallest absolute Gasteiger partial charge is 0.274 e. The highest BCUT2D eigenvalue weighted by Crippen LogP contribution is 2.41. The minimum Gasteiger partial charge on any atom is -0.292 e. The highest BCUT2D eigenvalue weighted by Gasteiger charge is 2.52. The lowest BCUT2D eigenvalue weighted by atomic mass is 9.76. The van der Waals surface area contributed by atoms with Gasteiger partial charge in [0.05, 0.1) is 22.4 Å². The second kappa shape index (κ2) is 9.04. The van der Waals surface area contributed by atoms with E-state index in [1.807, 2.05) is 6.92 Å². The first-order valence-corrected chi connectivity index (χ1v) is 11.3. The summed E-state index contributed by atoms with van der Waals surface area (Å²) < 4.78 is 0. The van der Waals surface area contributed by atoms with E-state index < -0.39 is 41.9 Å². The number of hydrazine groups is 1. The Bertz CT molecular complexity index is 1090. The van der Waals surface area contributed by atoms with Gasteiger partial charge in [-0.25, -0.2) is 5.01 Å². The van der Waals surface area contributed by atoms with Gasteiger partial charge >= 0.3 is 0 Å². The van der Waals surface area contributed by atoms with Crippen LogP contribution in [0.15, 0.2) is 48.5 Å². The number of hydrogen-bond donors (Lipinski definition) is 0. The van der Waals surface area contributed by atoms with Crippen LogP contribution in [-0.4, -0.2) is 40.1 Å². The topological polar surface area (TPSA) is 74.8 Å². The Morgan fingerprint density at radius 1 is 0.969 bits per heavy atom. The third-order valence-corrected chi connectivity index (χ3v) is 6.79. The number of rotatable bonds is 5. The molecule has 0 bridgehead atoms. The lowest BCUT2D eigenvalue weighted by Crippen LogP contribution is -2.52. The van der Waals surface area contributed by atoms with Crippen LogP contribution in [-0.2, 0) is 9.59 Å². The van der Waals surface area contributed by atoms with E-state index >= 15 is 0 Å². The maximum absolute atomic E-state index is 13.5. The minimum atomic E-state index is -0.675. The summed E-state index contributed by atoms with van der Waals surface area (Å²) in [6.45, 7) is 1.57. The van der Waals surface area contributed by atoms with Crippen LogP contribution >= 0.6 is 23.2 Å². The Morgan fingerprint density at radius 2 is 1.62 bits per heavy atom. The fourth-order valence-corrected chi connectivity index (χ4v) is 4.82. The Balaban J connectivity index is 1.70. The molecule has 2 aliphatic rings. The number of ketones is 1. The summed E-state index contributed by atoms with van der Waals surface area (Å²) in [4.78, 5) is 53.0. The molecule has 2 aromatic carbocycles. The van der Waals surface area contributed by atoms with E-state index in [2.05, 4.69) is 0 Å². The van der Waals surface area contributed by atoms with Crippen LogP contribution in [0, 0.1) is 17.8 Å². The van der Waals surface area contributed by atoms with Crippen molar-refractivity contribution in [3.05, 3.63) is 69.7 Å². The number of carbonyl (C=O) groups is 4. The summed E-state index contributed by atoms with van der Waals surface area (Å²) >= 11 is 12.1. The van der Waals surface area contributed by atoms with Crippen LogP contribution in [0.25, 0.3) is 0 Å². The van der Waals surface area contributed by atoms with E-state index in [-0.39, 0.29) is 10.6 Å². The van der Waals surface area contributed by atoms with Crippen LogP contribution in [0.2, 0.25) is 10.0 Å². The van der Waals surface area contributed by atoms with Crippen LogP contribution in [0.1, 0.15) is 46.9 Å². The van der Waals surface area contributed by atoms with Gasteiger partial charge in [-0.15, -0.1) is 0 Å². The lowest BCUT2D eigenvalue weighted by Gasteiger charge is -2.30. The molecule has 0 N–H and O–H groups in total. The van der Waals surface area contributed by atoms with Crippen molar-refractivity contribution in [1.29, 1.82) is 0 Å². The molecule has 1 heterocycles. The van der Waals surface area contributed by atoms with Gasteiger partial charge in [-0.05, 0) is 61.6 Å². The number of carbonyl (C=O) groups excluding carboxylic acids is 4. The molecular formula is C24H22Cl2N2O4. The lowest BCUT2D eigenvalue weighted by molar-refractivity contribution is -0.154. The van der Waals surface area contributed by atoms with Gasteiger partial charge in [-0.1, -0.05) is 42.3 Å². The maximum atomic E-state index is 13.5. The van der Waals surface area contributed by atoms with Gasteiger partial charge in [-0.2, -0.15) is 5.01 Å². The molecule has 1 aliphatic heterocycles. The zero-order valence-electron chi connectivity index (χ0n) is 17.5. The molecule has 166 valence electrons. The molecule has 0 unspecified atom stereocenters. The van der Waals surface area contributed by atoms with E-state index in [4.69, 9.17) is 23.2 Å². The van der Waals surface area contributed by atoms with Gasteiger partial charge in [0, 0.05) is 10.6 Å². The Morgan fingerprint density at radius 3 is 2.31 bits per heavy atom. The van der Waals surface area contributed by atoms with Gasteiger partial charge in [0.1, 0.15) is 6.54 Å². The predicted molar refractivity (Wildman–Crippen MR) is 120 cm³/mol. The van der Waals surface area contributed by atoms with Crippen LogP contribution in [0.5, 0.6) is 0 Å². The van der Waals surface area contributed by atoms with E-state index in [0.717, 1.165) is 16.4 Å². The molecule has 3 amide bonds. The molecule has 2 fully saturated rings. The Labute approximate surface area is 196 Å². The summed E-state index contributed by atoms with van der Waals surface area (Å²) in [7, 11) is 0. The van der Waals surface area contributed by atoms with Crippen molar-refractivity contribution >= 4 is 46.7 Å². The highest BCUT2D eigenvalue weighted by molar-refractivity contribution is 6.34. The number of hydrogen-bond acceptors (Lipinski definition) is 4. The van der Waals surface area contributed by atoms with Crippen LogP contribution in [0.3, 0.4) is 0 Å². The van der Waals surface area contributed by atoms with Gasteiger partial charge in [0.2, 0.25) is 0 Å². The van der Waals surface area contributed by atoms with Gasteiger partial charge in [0.25, 0.3) is 17.7 Å². The van der Waals surface area contributed by atoms with Crippen molar-refractivity contribution in [3.8, 4) is 0 Å². The summed E-state index contributed by atoms with van der Waals surface area (Å²) in [6, 6.07) is 12.6. The first-order chi connectivity index (χ1) is 15.3. The monoisotopic (exact) mass is 472 g/mol. The van der Waals surface area contributed by atoms with Crippen LogP contribution in [0.4, 0.5) is 0 Å². The molecule has 3 atom stereocenters. The molecular weight excluding hydrogens is 451 g/mol. The molecule has 0 aromatic heterocycles.